The number of aromatic nitrogens is 2. The van der Waals surface area contributed by atoms with Crippen LogP contribution < -0.4 is 10.6 Å². The van der Waals surface area contributed by atoms with E-state index < -0.39 is 0 Å². The van der Waals surface area contributed by atoms with Crippen molar-refractivity contribution in [2.24, 2.45) is 11.8 Å². The highest BCUT2D eigenvalue weighted by Gasteiger charge is 2.32. The summed E-state index contributed by atoms with van der Waals surface area (Å²) in [6.45, 7) is 4.35. The Bertz CT molecular complexity index is 432. The van der Waals surface area contributed by atoms with E-state index in [9.17, 15) is 0 Å². The van der Waals surface area contributed by atoms with Gasteiger partial charge in [0.05, 0.1) is 0 Å². The normalized spacial score (nSPS) is 27.9. The molecule has 2 unspecified atom stereocenters. The summed E-state index contributed by atoms with van der Waals surface area (Å²) in [6, 6.07) is 0. The van der Waals surface area contributed by atoms with Crippen LogP contribution in [0.5, 0.6) is 0 Å². The quantitative estimate of drug-likeness (QED) is 0.826. The van der Waals surface area contributed by atoms with Gasteiger partial charge in [-0.3, -0.25) is 0 Å². The van der Waals surface area contributed by atoms with Gasteiger partial charge in [-0.05, 0) is 31.6 Å². The Balaban J connectivity index is 1.79. The Hall–Kier alpha value is -1.32. The third-order valence-electron chi connectivity index (χ3n) is 4.55. The van der Waals surface area contributed by atoms with Gasteiger partial charge in [0.25, 0.3) is 0 Å². The minimum absolute atomic E-state index is 0.390. The Kier molecular flexibility index (Phi) is 3.10. The SMILES string of the molecule is Cc1cnc(N)nc1N1CCC2CCCCC2C1. The Morgan fingerprint density at radius 1 is 1.22 bits per heavy atom. The van der Waals surface area contributed by atoms with E-state index in [1.54, 1.807) is 0 Å². The lowest BCUT2D eigenvalue weighted by Crippen LogP contribution is -2.42. The highest BCUT2D eigenvalue weighted by atomic mass is 15.2. The van der Waals surface area contributed by atoms with Gasteiger partial charge >= 0.3 is 0 Å². The number of fused-ring (bicyclic) bond motifs is 1. The summed E-state index contributed by atoms with van der Waals surface area (Å²) in [5, 5.41) is 0. The number of hydrogen-bond acceptors (Lipinski definition) is 4. The molecule has 0 radical (unpaired) electrons. The standard InChI is InChI=1S/C14H22N4/c1-10-8-16-14(15)17-13(10)18-7-6-11-4-2-3-5-12(11)9-18/h8,11-12H,2-7,9H2,1H3,(H2,15,16,17). The maximum Gasteiger partial charge on any atom is 0.221 e. The van der Waals surface area contributed by atoms with Crippen molar-refractivity contribution in [3.05, 3.63) is 11.8 Å². The first-order chi connectivity index (χ1) is 8.74. The molecule has 2 fully saturated rings. The molecule has 1 saturated heterocycles. The predicted octanol–water partition coefficient (Wildman–Crippen LogP) is 2.38. The predicted molar refractivity (Wildman–Crippen MR) is 73.5 cm³/mol. The first-order valence-electron chi connectivity index (χ1n) is 7.08. The monoisotopic (exact) mass is 246 g/mol. The molecule has 1 aliphatic heterocycles. The van der Waals surface area contributed by atoms with Crippen LogP contribution in [0, 0.1) is 18.8 Å². The third-order valence-corrected chi connectivity index (χ3v) is 4.55. The number of nitrogens with zero attached hydrogens (tertiary/aromatic N) is 3. The van der Waals surface area contributed by atoms with Gasteiger partial charge in [-0.2, -0.15) is 4.98 Å². The molecule has 0 aromatic carbocycles. The molecule has 3 rings (SSSR count). The van der Waals surface area contributed by atoms with E-state index in [-0.39, 0.29) is 0 Å². The van der Waals surface area contributed by atoms with E-state index in [0.29, 0.717) is 5.95 Å². The molecule has 1 aromatic rings. The molecule has 2 heterocycles. The molecule has 2 atom stereocenters. The second kappa shape index (κ2) is 4.75. The number of nitrogens with two attached hydrogens (primary N) is 1. The number of hydrogen-bond donors (Lipinski definition) is 1. The summed E-state index contributed by atoms with van der Waals surface area (Å²) in [6.07, 6.45) is 8.81. The maximum absolute atomic E-state index is 5.72. The Labute approximate surface area is 109 Å². The number of anilines is 2. The van der Waals surface area contributed by atoms with Gasteiger partial charge in [-0.1, -0.05) is 19.3 Å². The van der Waals surface area contributed by atoms with Crippen molar-refractivity contribution in [2.45, 2.75) is 39.0 Å². The largest absolute Gasteiger partial charge is 0.368 e. The van der Waals surface area contributed by atoms with Crippen LogP contribution in [0.25, 0.3) is 0 Å². The average Bonchev–Trinajstić information content (AvgIpc) is 2.41. The fraction of sp³-hybridized carbons (Fsp3) is 0.714. The van der Waals surface area contributed by atoms with Crippen LogP contribution in [0.15, 0.2) is 6.20 Å². The van der Waals surface area contributed by atoms with E-state index in [1.807, 2.05) is 6.20 Å². The Morgan fingerprint density at radius 3 is 2.83 bits per heavy atom. The van der Waals surface area contributed by atoms with Gasteiger partial charge in [0.2, 0.25) is 5.95 Å². The summed E-state index contributed by atoms with van der Waals surface area (Å²) < 4.78 is 0. The van der Waals surface area contributed by atoms with Crippen LogP contribution in [0.1, 0.15) is 37.7 Å². The maximum atomic E-state index is 5.72. The topological polar surface area (TPSA) is 55.0 Å². The first kappa shape index (κ1) is 11.8. The minimum atomic E-state index is 0.390. The number of aryl methyl sites for hydroxylation is 1. The zero-order valence-electron chi connectivity index (χ0n) is 11.1. The molecule has 4 nitrogen and oxygen atoms in total. The lowest BCUT2D eigenvalue weighted by Gasteiger charge is -2.42. The molecule has 0 bridgehead atoms. The van der Waals surface area contributed by atoms with Crippen molar-refractivity contribution in [1.29, 1.82) is 0 Å². The highest BCUT2D eigenvalue weighted by Crippen LogP contribution is 2.37. The zero-order chi connectivity index (χ0) is 12.5. The second-order valence-corrected chi connectivity index (χ2v) is 5.77. The smallest absolute Gasteiger partial charge is 0.221 e. The lowest BCUT2D eigenvalue weighted by atomic mass is 9.75. The van der Waals surface area contributed by atoms with Crippen LogP contribution in [0.4, 0.5) is 11.8 Å². The van der Waals surface area contributed by atoms with Gasteiger partial charge in [-0.25, -0.2) is 4.98 Å². The summed E-state index contributed by atoms with van der Waals surface area (Å²) in [5.41, 5.74) is 6.85. The van der Waals surface area contributed by atoms with Crippen molar-refractivity contribution in [3.63, 3.8) is 0 Å². The molecular weight excluding hydrogens is 224 g/mol. The van der Waals surface area contributed by atoms with Gasteiger partial charge < -0.3 is 10.6 Å². The first-order valence-corrected chi connectivity index (χ1v) is 7.08. The third kappa shape index (κ3) is 2.16. The Morgan fingerprint density at radius 2 is 2.00 bits per heavy atom. The van der Waals surface area contributed by atoms with Crippen LogP contribution in [0.2, 0.25) is 0 Å². The van der Waals surface area contributed by atoms with Crippen LogP contribution in [0.3, 0.4) is 0 Å². The summed E-state index contributed by atoms with van der Waals surface area (Å²) in [5.74, 6) is 3.26. The van der Waals surface area contributed by atoms with Crippen LogP contribution >= 0.6 is 0 Å². The van der Waals surface area contributed by atoms with Gasteiger partial charge in [0, 0.05) is 24.8 Å². The molecule has 1 saturated carbocycles. The zero-order valence-corrected chi connectivity index (χ0v) is 11.1. The van der Waals surface area contributed by atoms with Crippen LogP contribution in [-0.4, -0.2) is 23.1 Å². The molecule has 1 aromatic heterocycles. The van der Waals surface area contributed by atoms with E-state index in [2.05, 4.69) is 21.8 Å². The fourth-order valence-corrected chi connectivity index (χ4v) is 3.56. The molecular formula is C14H22N4. The number of piperidine rings is 1. The van der Waals surface area contributed by atoms with Crippen molar-refractivity contribution in [1.82, 2.24) is 9.97 Å². The highest BCUT2D eigenvalue weighted by molar-refractivity contribution is 5.48. The summed E-state index contributed by atoms with van der Waals surface area (Å²) >= 11 is 0. The van der Waals surface area contributed by atoms with Crippen molar-refractivity contribution in [2.75, 3.05) is 23.7 Å². The lowest BCUT2D eigenvalue weighted by molar-refractivity contribution is 0.202. The number of rotatable bonds is 1. The molecule has 0 spiro atoms. The average molecular weight is 246 g/mol. The molecule has 0 amide bonds. The molecule has 18 heavy (non-hydrogen) atoms. The van der Waals surface area contributed by atoms with E-state index in [1.165, 1.54) is 32.1 Å². The fourth-order valence-electron chi connectivity index (χ4n) is 3.56. The van der Waals surface area contributed by atoms with Crippen molar-refractivity contribution < 1.29 is 0 Å². The van der Waals surface area contributed by atoms with E-state index in [4.69, 9.17) is 5.73 Å². The molecule has 1 aliphatic carbocycles. The van der Waals surface area contributed by atoms with E-state index in [0.717, 1.165) is 36.3 Å². The van der Waals surface area contributed by atoms with Crippen LogP contribution in [-0.2, 0) is 0 Å². The molecule has 98 valence electrons. The summed E-state index contributed by atoms with van der Waals surface area (Å²) in [7, 11) is 0. The molecule has 2 aliphatic rings. The minimum Gasteiger partial charge on any atom is -0.368 e. The van der Waals surface area contributed by atoms with Crippen molar-refractivity contribution in [3.8, 4) is 0 Å². The second-order valence-electron chi connectivity index (χ2n) is 5.77. The van der Waals surface area contributed by atoms with Crippen molar-refractivity contribution >= 4 is 11.8 Å². The number of nitrogen functional groups attached to an aromatic ring is 1. The van der Waals surface area contributed by atoms with Gasteiger partial charge in [0.1, 0.15) is 5.82 Å². The molecule has 2 N–H and O–H groups in total. The molecule has 4 heteroatoms. The van der Waals surface area contributed by atoms with E-state index >= 15 is 0 Å². The summed E-state index contributed by atoms with van der Waals surface area (Å²) in [4.78, 5) is 10.9. The van der Waals surface area contributed by atoms with Gasteiger partial charge in [-0.15, -0.1) is 0 Å². The van der Waals surface area contributed by atoms with Gasteiger partial charge in [0.15, 0.2) is 0 Å².